The molecule has 0 aliphatic carbocycles. The van der Waals surface area contributed by atoms with Crippen LogP contribution in [0.2, 0.25) is 0 Å². The number of carboxylic acid groups (broad SMARTS) is 1. The van der Waals surface area contributed by atoms with Crippen LogP contribution in [0.3, 0.4) is 0 Å². The van der Waals surface area contributed by atoms with E-state index in [2.05, 4.69) is 19.9 Å². The number of aromatic nitrogens is 3. The van der Waals surface area contributed by atoms with E-state index in [4.69, 9.17) is 5.11 Å². The van der Waals surface area contributed by atoms with Crippen molar-refractivity contribution in [3.8, 4) is 0 Å². The third kappa shape index (κ3) is 2.97. The van der Waals surface area contributed by atoms with Gasteiger partial charge in [0, 0.05) is 5.38 Å². The van der Waals surface area contributed by atoms with Crippen molar-refractivity contribution in [2.75, 3.05) is 0 Å². The summed E-state index contributed by atoms with van der Waals surface area (Å²) in [5, 5.41) is 16.6. The number of nitrogens with one attached hydrogen (secondary N) is 2. The van der Waals surface area contributed by atoms with E-state index in [0.29, 0.717) is 10.7 Å². The molecule has 8 nitrogen and oxygen atoms in total. The molecule has 2 heterocycles. The highest BCUT2D eigenvalue weighted by molar-refractivity contribution is 7.89. The van der Waals surface area contributed by atoms with Crippen LogP contribution in [-0.4, -0.2) is 34.7 Å². The summed E-state index contributed by atoms with van der Waals surface area (Å²) in [7, 11) is -3.68. The van der Waals surface area contributed by atoms with E-state index in [1.165, 1.54) is 11.6 Å². The molecule has 19 heavy (non-hydrogen) atoms. The minimum absolute atomic E-state index is 0.0579. The molecule has 102 valence electrons. The summed E-state index contributed by atoms with van der Waals surface area (Å²) in [6, 6.07) is 0. The molecule has 2 rings (SSSR count). The van der Waals surface area contributed by atoms with Gasteiger partial charge in [-0.3, -0.25) is 5.10 Å². The first-order valence-electron chi connectivity index (χ1n) is 5.07. The Bertz CT molecular complexity index is 703. The maximum Gasteiger partial charge on any atom is 0.355 e. The fraction of sp³-hybridized carbons (Fsp3) is 0.222. The molecule has 0 aliphatic heterocycles. The number of rotatable bonds is 5. The van der Waals surface area contributed by atoms with E-state index in [0.717, 1.165) is 11.3 Å². The van der Waals surface area contributed by atoms with Gasteiger partial charge in [0.1, 0.15) is 9.90 Å². The molecule has 0 aliphatic rings. The number of hydrogen-bond donors (Lipinski definition) is 3. The Morgan fingerprint density at radius 1 is 1.58 bits per heavy atom. The lowest BCUT2D eigenvalue weighted by molar-refractivity contribution is 0.0691. The number of aromatic amines is 1. The summed E-state index contributed by atoms with van der Waals surface area (Å²) < 4.78 is 26.2. The molecule has 2 aromatic heterocycles. The van der Waals surface area contributed by atoms with E-state index >= 15 is 0 Å². The third-order valence-electron chi connectivity index (χ3n) is 2.26. The molecule has 0 spiro atoms. The van der Waals surface area contributed by atoms with E-state index in [1.54, 1.807) is 6.92 Å². The van der Waals surface area contributed by atoms with Gasteiger partial charge in [-0.1, -0.05) is 0 Å². The Morgan fingerprint density at radius 2 is 2.32 bits per heavy atom. The van der Waals surface area contributed by atoms with Crippen molar-refractivity contribution in [2.45, 2.75) is 18.4 Å². The molecular weight excluding hydrogens is 292 g/mol. The first kappa shape index (κ1) is 13.6. The predicted molar refractivity (Wildman–Crippen MR) is 66.4 cm³/mol. The molecule has 3 N–H and O–H groups in total. The van der Waals surface area contributed by atoms with Gasteiger partial charge in [-0.05, 0) is 6.92 Å². The van der Waals surface area contributed by atoms with Crippen LogP contribution in [0.15, 0.2) is 16.5 Å². The van der Waals surface area contributed by atoms with Crippen LogP contribution in [0.1, 0.15) is 21.2 Å². The molecule has 0 atom stereocenters. The topological polar surface area (TPSA) is 125 Å². The smallest absolute Gasteiger partial charge is 0.355 e. The fourth-order valence-corrected chi connectivity index (χ4v) is 3.26. The second-order valence-electron chi connectivity index (χ2n) is 3.62. The summed E-state index contributed by atoms with van der Waals surface area (Å²) in [6.07, 6.45) is 1.21. The average Bonchev–Trinajstić information content (AvgIpc) is 2.95. The zero-order valence-corrected chi connectivity index (χ0v) is 11.4. The van der Waals surface area contributed by atoms with Crippen LogP contribution >= 0.6 is 11.3 Å². The minimum Gasteiger partial charge on any atom is -0.476 e. The Kier molecular flexibility index (Phi) is 3.64. The lowest BCUT2D eigenvalue weighted by Gasteiger charge is -2.03. The molecule has 0 bridgehead atoms. The van der Waals surface area contributed by atoms with E-state index < -0.39 is 16.0 Å². The summed E-state index contributed by atoms with van der Waals surface area (Å²) in [5.41, 5.74) is 0.330. The molecule has 2 aromatic rings. The first-order valence-corrected chi connectivity index (χ1v) is 7.44. The SMILES string of the molecule is Cc1[nH]ncc1S(=O)(=O)NCc1nc(C(=O)O)cs1. The fourth-order valence-electron chi connectivity index (χ4n) is 1.34. The number of aromatic carboxylic acids is 1. The van der Waals surface area contributed by atoms with E-state index in [9.17, 15) is 13.2 Å². The van der Waals surface area contributed by atoms with Gasteiger partial charge in [-0.2, -0.15) is 5.10 Å². The number of thiazole rings is 1. The molecule has 0 radical (unpaired) electrons. The lowest BCUT2D eigenvalue weighted by Crippen LogP contribution is -2.23. The predicted octanol–water partition coefficient (Wildman–Crippen LogP) is 0.351. The monoisotopic (exact) mass is 302 g/mol. The molecule has 0 fully saturated rings. The number of sulfonamides is 1. The molecule has 0 amide bonds. The maximum atomic E-state index is 11.9. The zero-order valence-electron chi connectivity index (χ0n) is 9.74. The van der Waals surface area contributed by atoms with Crippen molar-refractivity contribution in [3.05, 3.63) is 28.0 Å². The van der Waals surface area contributed by atoms with Crippen LogP contribution in [0.25, 0.3) is 0 Å². The average molecular weight is 302 g/mol. The highest BCUT2D eigenvalue weighted by Gasteiger charge is 2.19. The molecule has 0 aromatic carbocycles. The van der Waals surface area contributed by atoms with Crippen molar-refractivity contribution in [2.24, 2.45) is 0 Å². The summed E-state index contributed by atoms with van der Waals surface area (Å²) >= 11 is 1.08. The lowest BCUT2D eigenvalue weighted by atomic mass is 10.5. The van der Waals surface area contributed by atoms with Gasteiger partial charge in [0.25, 0.3) is 0 Å². The van der Waals surface area contributed by atoms with Gasteiger partial charge in [0.05, 0.1) is 18.4 Å². The Labute approximate surface area is 112 Å². The summed E-state index contributed by atoms with van der Waals surface area (Å²) in [4.78, 5) is 14.5. The van der Waals surface area contributed by atoms with Crippen molar-refractivity contribution >= 4 is 27.3 Å². The van der Waals surface area contributed by atoms with Gasteiger partial charge in [0.15, 0.2) is 5.69 Å². The van der Waals surface area contributed by atoms with Gasteiger partial charge in [0.2, 0.25) is 10.0 Å². The molecular formula is C9H10N4O4S2. The standard InChI is InChI=1S/C9H10N4O4S2/c1-5-7(2-10-13-5)19(16,17)11-3-8-12-6(4-18-8)9(14)15/h2,4,11H,3H2,1H3,(H,10,13)(H,14,15). The van der Waals surface area contributed by atoms with Crippen molar-refractivity contribution in [1.82, 2.24) is 19.9 Å². The number of aryl methyl sites for hydroxylation is 1. The molecule has 0 saturated carbocycles. The number of hydrogen-bond acceptors (Lipinski definition) is 6. The second kappa shape index (κ2) is 5.07. The number of carbonyl (C=O) groups is 1. The van der Waals surface area contributed by atoms with Crippen LogP contribution in [-0.2, 0) is 16.6 Å². The third-order valence-corrected chi connectivity index (χ3v) is 4.62. The zero-order chi connectivity index (χ0) is 14.0. The number of nitrogens with zero attached hydrogens (tertiary/aromatic N) is 2. The van der Waals surface area contributed by atoms with Gasteiger partial charge in [-0.15, -0.1) is 11.3 Å². The Morgan fingerprint density at radius 3 is 2.84 bits per heavy atom. The van der Waals surface area contributed by atoms with Crippen LogP contribution in [0.5, 0.6) is 0 Å². The van der Waals surface area contributed by atoms with Crippen molar-refractivity contribution < 1.29 is 18.3 Å². The second-order valence-corrected chi connectivity index (χ2v) is 6.29. The van der Waals surface area contributed by atoms with Crippen molar-refractivity contribution in [3.63, 3.8) is 0 Å². The van der Waals surface area contributed by atoms with E-state index in [-0.39, 0.29) is 17.1 Å². The normalized spacial score (nSPS) is 11.6. The van der Waals surface area contributed by atoms with Crippen LogP contribution < -0.4 is 4.72 Å². The minimum atomic E-state index is -3.68. The largest absolute Gasteiger partial charge is 0.476 e. The van der Waals surface area contributed by atoms with Gasteiger partial charge in [-0.25, -0.2) is 22.9 Å². The van der Waals surface area contributed by atoms with Gasteiger partial charge < -0.3 is 5.11 Å². The first-order chi connectivity index (χ1) is 8.90. The quantitative estimate of drug-likeness (QED) is 0.732. The van der Waals surface area contributed by atoms with Crippen LogP contribution in [0, 0.1) is 6.92 Å². The van der Waals surface area contributed by atoms with Gasteiger partial charge >= 0.3 is 5.97 Å². The Hall–Kier alpha value is -1.78. The molecule has 0 unspecified atom stereocenters. The van der Waals surface area contributed by atoms with Crippen LogP contribution in [0.4, 0.5) is 0 Å². The number of H-pyrrole nitrogens is 1. The molecule has 10 heteroatoms. The highest BCUT2D eigenvalue weighted by atomic mass is 32.2. The maximum absolute atomic E-state index is 11.9. The summed E-state index contributed by atoms with van der Waals surface area (Å²) in [6.45, 7) is 1.53. The number of carboxylic acids is 1. The highest BCUT2D eigenvalue weighted by Crippen LogP contribution is 2.13. The van der Waals surface area contributed by atoms with Crippen molar-refractivity contribution in [1.29, 1.82) is 0 Å². The Balaban J connectivity index is 2.10. The molecule has 0 saturated heterocycles. The van der Waals surface area contributed by atoms with E-state index in [1.807, 2.05) is 0 Å². The summed E-state index contributed by atoms with van der Waals surface area (Å²) in [5.74, 6) is -1.14.